The quantitative estimate of drug-likeness (QED) is 0.800. The van der Waals surface area contributed by atoms with Crippen LogP contribution in [0.2, 0.25) is 0 Å². The summed E-state index contributed by atoms with van der Waals surface area (Å²) in [5, 5.41) is 0. The molecule has 1 saturated heterocycles. The third-order valence-corrected chi connectivity index (χ3v) is 3.69. The van der Waals surface area contributed by atoms with E-state index in [1.807, 2.05) is 46.8 Å². The Kier molecular flexibility index (Phi) is 4.97. The Hall–Kier alpha value is -2.04. The Morgan fingerprint density at radius 2 is 1.39 bits per heavy atom. The molecule has 0 N–H and O–H groups in total. The van der Waals surface area contributed by atoms with Gasteiger partial charge in [-0.05, 0) is 46.8 Å². The van der Waals surface area contributed by atoms with E-state index in [1.165, 1.54) is 0 Å². The van der Waals surface area contributed by atoms with Crippen molar-refractivity contribution in [3.63, 3.8) is 0 Å². The van der Waals surface area contributed by atoms with Crippen molar-refractivity contribution in [2.45, 2.75) is 40.2 Å². The van der Waals surface area contributed by atoms with Crippen LogP contribution in [-0.2, 0) is 4.74 Å². The van der Waals surface area contributed by atoms with E-state index in [0.717, 1.165) is 11.1 Å². The predicted octanol–water partition coefficient (Wildman–Crippen LogP) is 3.00. The average Bonchev–Trinajstić information content (AvgIpc) is 2.44. The molecule has 0 aromatic heterocycles. The fourth-order valence-electron chi connectivity index (χ4n) is 2.70. The number of aryl methyl sites for hydroxylation is 2. The number of carbonyl (C=O) groups excluding carboxylic acids is 2. The minimum atomic E-state index is -0.497. The fourth-order valence-corrected chi connectivity index (χ4v) is 2.70. The Bertz CT molecular complexity index is 577. The van der Waals surface area contributed by atoms with Crippen molar-refractivity contribution in [3.05, 3.63) is 34.9 Å². The van der Waals surface area contributed by atoms with Gasteiger partial charge in [0, 0.05) is 31.7 Å². The minimum Gasteiger partial charge on any atom is -0.444 e. The Balaban J connectivity index is 1.96. The SMILES string of the molecule is Cc1cc(C)cc(C(=O)N2CCN(C(=O)OC(C)(C)C)CC2)c1. The van der Waals surface area contributed by atoms with Crippen molar-refractivity contribution in [1.82, 2.24) is 9.80 Å². The van der Waals surface area contributed by atoms with Crippen molar-refractivity contribution in [3.8, 4) is 0 Å². The molecule has 23 heavy (non-hydrogen) atoms. The number of hydrogen-bond donors (Lipinski definition) is 0. The monoisotopic (exact) mass is 318 g/mol. The lowest BCUT2D eigenvalue weighted by atomic mass is 10.1. The van der Waals surface area contributed by atoms with Crippen LogP contribution in [-0.4, -0.2) is 53.6 Å². The lowest BCUT2D eigenvalue weighted by Crippen LogP contribution is -2.51. The van der Waals surface area contributed by atoms with Crippen LogP contribution in [0.1, 0.15) is 42.3 Å². The third kappa shape index (κ3) is 4.71. The molecule has 1 aromatic carbocycles. The summed E-state index contributed by atoms with van der Waals surface area (Å²) in [5.41, 5.74) is 2.39. The molecule has 0 atom stereocenters. The van der Waals surface area contributed by atoms with Gasteiger partial charge in [-0.1, -0.05) is 17.2 Å². The molecule has 1 aliphatic rings. The number of amides is 2. The van der Waals surface area contributed by atoms with Crippen LogP contribution in [0.3, 0.4) is 0 Å². The van der Waals surface area contributed by atoms with Gasteiger partial charge >= 0.3 is 6.09 Å². The van der Waals surface area contributed by atoms with E-state index >= 15 is 0 Å². The molecule has 5 nitrogen and oxygen atoms in total. The molecule has 0 saturated carbocycles. The second kappa shape index (κ2) is 6.60. The van der Waals surface area contributed by atoms with Gasteiger partial charge in [-0.2, -0.15) is 0 Å². The molecule has 2 rings (SSSR count). The molecule has 0 unspecified atom stereocenters. The highest BCUT2D eigenvalue weighted by Crippen LogP contribution is 2.15. The maximum absolute atomic E-state index is 12.6. The van der Waals surface area contributed by atoms with Crippen molar-refractivity contribution in [1.29, 1.82) is 0 Å². The molecule has 0 radical (unpaired) electrons. The molecule has 1 aliphatic heterocycles. The summed E-state index contributed by atoms with van der Waals surface area (Å²) in [4.78, 5) is 28.1. The molecular formula is C18H26N2O3. The molecule has 126 valence electrons. The van der Waals surface area contributed by atoms with E-state index < -0.39 is 5.60 Å². The number of nitrogens with zero attached hydrogens (tertiary/aromatic N) is 2. The third-order valence-electron chi connectivity index (χ3n) is 3.69. The average molecular weight is 318 g/mol. The van der Waals surface area contributed by atoms with E-state index in [1.54, 1.807) is 9.80 Å². The molecule has 1 fully saturated rings. The number of rotatable bonds is 1. The Morgan fingerprint density at radius 1 is 0.913 bits per heavy atom. The predicted molar refractivity (Wildman–Crippen MR) is 89.6 cm³/mol. The van der Waals surface area contributed by atoms with Crippen LogP contribution in [0, 0.1) is 13.8 Å². The van der Waals surface area contributed by atoms with Crippen molar-refractivity contribution in [2.24, 2.45) is 0 Å². The summed E-state index contributed by atoms with van der Waals surface area (Å²) in [6.45, 7) is 11.6. The first-order chi connectivity index (χ1) is 10.7. The van der Waals surface area contributed by atoms with E-state index in [4.69, 9.17) is 4.74 Å². The summed E-state index contributed by atoms with van der Waals surface area (Å²) in [6.07, 6.45) is -0.309. The van der Waals surface area contributed by atoms with Crippen LogP contribution >= 0.6 is 0 Å². The fraction of sp³-hybridized carbons (Fsp3) is 0.556. The van der Waals surface area contributed by atoms with Gasteiger partial charge in [0.15, 0.2) is 0 Å². The smallest absolute Gasteiger partial charge is 0.410 e. The standard InChI is InChI=1S/C18H26N2O3/c1-13-10-14(2)12-15(11-13)16(21)19-6-8-20(9-7-19)17(22)23-18(3,4)5/h10-12H,6-9H2,1-5H3. The van der Waals surface area contributed by atoms with Crippen molar-refractivity contribution >= 4 is 12.0 Å². The van der Waals surface area contributed by atoms with Crippen molar-refractivity contribution < 1.29 is 14.3 Å². The summed E-state index contributed by atoms with van der Waals surface area (Å²) in [6, 6.07) is 5.88. The first-order valence-corrected chi connectivity index (χ1v) is 8.01. The summed E-state index contributed by atoms with van der Waals surface area (Å²) in [5.74, 6) is 0.0284. The van der Waals surface area contributed by atoms with E-state index in [0.29, 0.717) is 31.7 Å². The van der Waals surface area contributed by atoms with Gasteiger partial charge in [-0.25, -0.2) is 4.79 Å². The maximum atomic E-state index is 12.6. The first kappa shape index (κ1) is 17.3. The van der Waals surface area contributed by atoms with E-state index in [2.05, 4.69) is 6.07 Å². The number of hydrogen-bond acceptors (Lipinski definition) is 3. The zero-order chi connectivity index (χ0) is 17.2. The number of ether oxygens (including phenoxy) is 1. The van der Waals surface area contributed by atoms with Crippen molar-refractivity contribution in [2.75, 3.05) is 26.2 Å². The molecule has 0 spiro atoms. The highest BCUT2D eigenvalue weighted by atomic mass is 16.6. The second-order valence-electron chi connectivity index (χ2n) is 7.14. The zero-order valence-electron chi connectivity index (χ0n) is 14.7. The van der Waals surface area contributed by atoms with E-state index in [9.17, 15) is 9.59 Å². The second-order valence-corrected chi connectivity index (χ2v) is 7.14. The van der Waals surface area contributed by atoms with Gasteiger partial charge in [0.2, 0.25) is 0 Å². The first-order valence-electron chi connectivity index (χ1n) is 8.01. The molecule has 0 bridgehead atoms. The Labute approximate surface area is 138 Å². The van der Waals surface area contributed by atoms with Crippen LogP contribution in [0.15, 0.2) is 18.2 Å². The van der Waals surface area contributed by atoms with Gasteiger partial charge in [-0.3, -0.25) is 4.79 Å². The summed E-state index contributed by atoms with van der Waals surface area (Å²) < 4.78 is 5.37. The summed E-state index contributed by atoms with van der Waals surface area (Å²) >= 11 is 0. The van der Waals surface area contributed by atoms with Gasteiger partial charge in [0.1, 0.15) is 5.60 Å². The number of benzene rings is 1. The lowest BCUT2D eigenvalue weighted by molar-refractivity contribution is 0.0141. The van der Waals surface area contributed by atoms with Crippen LogP contribution < -0.4 is 0 Å². The topological polar surface area (TPSA) is 49.9 Å². The molecule has 1 heterocycles. The largest absolute Gasteiger partial charge is 0.444 e. The van der Waals surface area contributed by atoms with Crippen LogP contribution in [0.5, 0.6) is 0 Å². The Morgan fingerprint density at radius 3 is 1.87 bits per heavy atom. The highest BCUT2D eigenvalue weighted by Gasteiger charge is 2.28. The maximum Gasteiger partial charge on any atom is 0.410 e. The molecular weight excluding hydrogens is 292 g/mol. The minimum absolute atomic E-state index is 0.0284. The van der Waals surface area contributed by atoms with E-state index in [-0.39, 0.29) is 12.0 Å². The normalized spacial score (nSPS) is 15.5. The van der Waals surface area contributed by atoms with Crippen LogP contribution in [0.4, 0.5) is 4.79 Å². The molecule has 2 amide bonds. The highest BCUT2D eigenvalue weighted by molar-refractivity contribution is 5.94. The molecule has 5 heteroatoms. The van der Waals surface area contributed by atoms with Gasteiger partial charge in [0.05, 0.1) is 0 Å². The van der Waals surface area contributed by atoms with Crippen LogP contribution in [0.25, 0.3) is 0 Å². The van der Waals surface area contributed by atoms with Gasteiger partial charge in [0.25, 0.3) is 5.91 Å². The van der Waals surface area contributed by atoms with Gasteiger partial charge in [-0.15, -0.1) is 0 Å². The number of carbonyl (C=O) groups is 2. The molecule has 1 aromatic rings. The summed E-state index contributed by atoms with van der Waals surface area (Å²) in [7, 11) is 0. The number of piperazine rings is 1. The zero-order valence-corrected chi connectivity index (χ0v) is 14.7. The molecule has 0 aliphatic carbocycles. The van der Waals surface area contributed by atoms with Gasteiger partial charge < -0.3 is 14.5 Å². The lowest BCUT2D eigenvalue weighted by Gasteiger charge is -2.35.